The minimum atomic E-state index is -0.0316. The number of rotatable bonds is 9. The first kappa shape index (κ1) is 24.8. The molecular formula is C30H35N5O3. The van der Waals surface area contributed by atoms with Crippen LogP contribution in [0.1, 0.15) is 73.7 Å². The fraction of sp³-hybridized carbons (Fsp3) is 0.567. The summed E-state index contributed by atoms with van der Waals surface area (Å²) in [4.78, 5) is 33.7. The summed E-state index contributed by atoms with van der Waals surface area (Å²) in [5, 5.41) is 0. The van der Waals surface area contributed by atoms with Crippen LogP contribution in [-0.2, 0) is 6.42 Å². The third-order valence-electron chi connectivity index (χ3n) is 8.80. The maximum absolute atomic E-state index is 13.2. The van der Waals surface area contributed by atoms with E-state index >= 15 is 0 Å². The van der Waals surface area contributed by atoms with E-state index in [-0.39, 0.29) is 29.0 Å². The van der Waals surface area contributed by atoms with Gasteiger partial charge in [-0.1, -0.05) is 19.4 Å². The molecule has 1 saturated heterocycles. The molecule has 8 nitrogen and oxygen atoms in total. The second kappa shape index (κ2) is 10.0. The first-order chi connectivity index (χ1) is 18.5. The van der Waals surface area contributed by atoms with Crippen molar-refractivity contribution in [2.24, 2.45) is 23.2 Å². The third kappa shape index (κ3) is 4.87. The van der Waals surface area contributed by atoms with Crippen LogP contribution in [0.15, 0.2) is 18.3 Å². The number of Topliss-reactive ketones (excluding diaryl/α,β-unsaturated/α-hetero) is 1. The van der Waals surface area contributed by atoms with Crippen molar-refractivity contribution in [2.75, 3.05) is 31.7 Å². The van der Waals surface area contributed by atoms with Crippen LogP contribution < -0.4 is 14.4 Å². The van der Waals surface area contributed by atoms with E-state index in [1.165, 1.54) is 12.0 Å². The largest absolute Gasteiger partial charge is 0.496 e. The van der Waals surface area contributed by atoms with Crippen LogP contribution in [0.2, 0.25) is 0 Å². The molecule has 3 aliphatic carbocycles. The van der Waals surface area contributed by atoms with Gasteiger partial charge >= 0.3 is 6.01 Å². The number of methoxy groups -OCH3 is 1. The third-order valence-corrected chi connectivity index (χ3v) is 8.80. The molecule has 4 aliphatic rings. The van der Waals surface area contributed by atoms with Gasteiger partial charge in [0, 0.05) is 49.5 Å². The van der Waals surface area contributed by atoms with Crippen molar-refractivity contribution >= 4 is 17.3 Å². The van der Waals surface area contributed by atoms with Crippen molar-refractivity contribution in [3.05, 3.63) is 35.4 Å². The van der Waals surface area contributed by atoms with Crippen molar-refractivity contribution in [1.82, 2.24) is 19.9 Å². The molecule has 0 spiro atoms. The maximum Gasteiger partial charge on any atom is 0.321 e. The molecule has 3 fully saturated rings. The molecule has 38 heavy (non-hydrogen) atoms. The maximum atomic E-state index is 13.2. The minimum Gasteiger partial charge on any atom is -0.496 e. The van der Waals surface area contributed by atoms with Crippen LogP contribution in [0, 0.1) is 35.5 Å². The Balaban J connectivity index is 1.18. The summed E-state index contributed by atoms with van der Waals surface area (Å²) >= 11 is 0. The number of anilines is 1. The average molecular weight is 514 g/mol. The standard InChI is InChI=1S/C30H35N5O3/c1-4-19-16-21(19)18-38-29-33-27(24(36)17-30(2)11-5-12-30)32-28(34-29)35-14-9-20(10-15-35)22-6-7-23-26(22)25(37-3)8-13-31-23/h1,6,8,13,19-21H,5,7,9-12,14-18H2,2-3H3/t19-,21-/m1/s1. The van der Waals surface area contributed by atoms with Crippen molar-refractivity contribution in [3.8, 4) is 24.1 Å². The second-order valence-corrected chi connectivity index (χ2v) is 11.5. The zero-order chi connectivity index (χ0) is 26.3. The molecule has 6 rings (SSSR count). The number of terminal acetylenes is 1. The Hall–Kier alpha value is -3.47. The van der Waals surface area contributed by atoms with E-state index in [1.54, 1.807) is 7.11 Å². The van der Waals surface area contributed by atoms with Crippen LogP contribution in [-0.4, -0.2) is 52.5 Å². The molecule has 8 heteroatoms. The number of allylic oxidation sites excluding steroid dienone is 2. The molecule has 2 aromatic heterocycles. The molecular weight excluding hydrogens is 478 g/mol. The highest BCUT2D eigenvalue weighted by atomic mass is 16.5. The number of hydrogen-bond donors (Lipinski definition) is 0. The Morgan fingerprint density at radius 3 is 2.74 bits per heavy atom. The number of ketones is 1. The number of pyridine rings is 1. The van der Waals surface area contributed by atoms with E-state index in [4.69, 9.17) is 15.9 Å². The fourth-order valence-electron chi connectivity index (χ4n) is 6.11. The summed E-state index contributed by atoms with van der Waals surface area (Å²) in [6.07, 6.45) is 17.2. The second-order valence-electron chi connectivity index (χ2n) is 11.5. The predicted molar refractivity (Wildman–Crippen MR) is 144 cm³/mol. The number of ether oxygens (including phenoxy) is 2. The summed E-state index contributed by atoms with van der Waals surface area (Å²) in [6.45, 7) is 4.22. The van der Waals surface area contributed by atoms with Gasteiger partial charge in [-0.25, -0.2) is 0 Å². The summed E-state index contributed by atoms with van der Waals surface area (Å²) in [7, 11) is 1.72. The van der Waals surface area contributed by atoms with Crippen LogP contribution >= 0.6 is 0 Å². The van der Waals surface area contributed by atoms with E-state index in [9.17, 15) is 4.79 Å². The summed E-state index contributed by atoms with van der Waals surface area (Å²) < 4.78 is 11.6. The number of piperidine rings is 1. The summed E-state index contributed by atoms with van der Waals surface area (Å²) in [5.41, 5.74) is 3.64. The van der Waals surface area contributed by atoms with E-state index in [0.29, 0.717) is 30.8 Å². The van der Waals surface area contributed by atoms with E-state index < -0.39 is 0 Å². The Labute approximate surface area is 224 Å². The monoisotopic (exact) mass is 513 g/mol. The molecule has 0 amide bonds. The Bertz CT molecular complexity index is 1300. The Morgan fingerprint density at radius 2 is 2.05 bits per heavy atom. The molecule has 198 valence electrons. The minimum absolute atomic E-state index is 0.0316. The topological polar surface area (TPSA) is 90.3 Å². The van der Waals surface area contributed by atoms with Crippen LogP contribution in [0.5, 0.6) is 11.8 Å². The van der Waals surface area contributed by atoms with Crippen LogP contribution in [0.4, 0.5) is 5.95 Å². The fourth-order valence-corrected chi connectivity index (χ4v) is 6.11. The van der Waals surface area contributed by atoms with Gasteiger partial charge < -0.3 is 14.4 Å². The van der Waals surface area contributed by atoms with Crippen LogP contribution in [0.3, 0.4) is 0 Å². The Morgan fingerprint density at radius 1 is 1.24 bits per heavy atom. The smallest absolute Gasteiger partial charge is 0.321 e. The lowest BCUT2D eigenvalue weighted by Gasteiger charge is -2.37. The van der Waals surface area contributed by atoms with Gasteiger partial charge in [0.15, 0.2) is 0 Å². The lowest BCUT2D eigenvalue weighted by Crippen LogP contribution is -2.36. The van der Waals surface area contributed by atoms with Crippen molar-refractivity contribution in [3.63, 3.8) is 0 Å². The zero-order valence-electron chi connectivity index (χ0n) is 22.3. The quantitative estimate of drug-likeness (QED) is 0.357. The van der Waals surface area contributed by atoms with Gasteiger partial charge in [0.25, 0.3) is 0 Å². The first-order valence-corrected chi connectivity index (χ1v) is 13.8. The average Bonchev–Trinajstić information content (AvgIpc) is 3.57. The first-order valence-electron chi connectivity index (χ1n) is 13.8. The molecule has 2 aromatic rings. The predicted octanol–water partition coefficient (Wildman–Crippen LogP) is 4.54. The lowest BCUT2D eigenvalue weighted by atomic mass is 9.67. The summed E-state index contributed by atoms with van der Waals surface area (Å²) in [5.74, 6) is 5.40. The molecule has 0 N–H and O–H groups in total. The molecule has 0 aromatic carbocycles. The molecule has 2 atom stereocenters. The lowest BCUT2D eigenvalue weighted by molar-refractivity contribution is 0.0804. The number of aromatic nitrogens is 4. The van der Waals surface area contributed by atoms with Crippen LogP contribution in [0.25, 0.3) is 5.57 Å². The number of nitrogens with zero attached hydrogens (tertiary/aromatic N) is 5. The number of carbonyl (C=O) groups excluding carboxylic acids is 1. The SMILES string of the molecule is C#C[C@@H]1C[C@@H]1COc1nc(C(=O)CC2(C)CCC2)nc(N2CCC(C3=CCc4nccc(OC)c43)CC2)n1. The van der Waals surface area contributed by atoms with Gasteiger partial charge in [-0.05, 0) is 55.1 Å². The highest BCUT2D eigenvalue weighted by Crippen LogP contribution is 2.44. The molecule has 1 aliphatic heterocycles. The number of hydrogen-bond acceptors (Lipinski definition) is 8. The van der Waals surface area contributed by atoms with E-state index in [1.807, 2.05) is 12.3 Å². The summed E-state index contributed by atoms with van der Waals surface area (Å²) in [6, 6.07) is 2.17. The number of carbonyl (C=O) groups is 1. The van der Waals surface area contributed by atoms with Gasteiger partial charge in [-0.2, -0.15) is 15.0 Å². The van der Waals surface area contributed by atoms with Crippen molar-refractivity contribution < 1.29 is 14.3 Å². The number of fused-ring (bicyclic) bond motifs is 1. The molecule has 0 bridgehead atoms. The zero-order valence-corrected chi connectivity index (χ0v) is 22.3. The van der Waals surface area contributed by atoms with Gasteiger partial charge in [-0.15, -0.1) is 12.3 Å². The Kier molecular flexibility index (Phi) is 6.55. The van der Waals surface area contributed by atoms with Crippen molar-refractivity contribution in [2.45, 2.75) is 58.3 Å². The molecule has 2 saturated carbocycles. The normalized spacial score (nSPS) is 23.6. The molecule has 3 heterocycles. The molecule has 0 radical (unpaired) electrons. The van der Waals surface area contributed by atoms with Gasteiger partial charge in [0.05, 0.1) is 19.4 Å². The van der Waals surface area contributed by atoms with E-state index in [2.05, 4.69) is 43.8 Å². The molecule has 0 unspecified atom stereocenters. The van der Waals surface area contributed by atoms with Crippen molar-refractivity contribution in [1.29, 1.82) is 0 Å². The van der Waals surface area contributed by atoms with Gasteiger partial charge in [0.2, 0.25) is 17.6 Å². The van der Waals surface area contributed by atoms with Gasteiger partial charge in [-0.3, -0.25) is 9.78 Å². The highest BCUT2D eigenvalue weighted by Gasteiger charge is 2.38. The van der Waals surface area contributed by atoms with E-state index in [0.717, 1.165) is 68.6 Å². The van der Waals surface area contributed by atoms with Gasteiger partial charge in [0.1, 0.15) is 5.75 Å². The highest BCUT2D eigenvalue weighted by molar-refractivity contribution is 5.93.